The van der Waals surface area contributed by atoms with Gasteiger partial charge in [0.2, 0.25) is 0 Å². The fourth-order valence-corrected chi connectivity index (χ4v) is 4.31. The van der Waals surface area contributed by atoms with Crippen molar-refractivity contribution in [3.05, 3.63) is 47.5 Å². The Morgan fingerprint density at radius 2 is 1.79 bits per heavy atom. The number of benzene rings is 2. The van der Waals surface area contributed by atoms with Gasteiger partial charge >= 0.3 is 12.1 Å². The molecule has 0 radical (unpaired) electrons. The van der Waals surface area contributed by atoms with Crippen molar-refractivity contribution in [2.45, 2.75) is 25.0 Å². The number of carbonyl (C=O) groups excluding carboxylic acids is 2. The number of hydrogen-bond acceptors (Lipinski definition) is 6. The van der Waals surface area contributed by atoms with Gasteiger partial charge in [-0.3, -0.25) is 0 Å². The number of piperidine rings is 1. The molecule has 2 saturated heterocycles. The third-order valence-corrected chi connectivity index (χ3v) is 6.23. The van der Waals surface area contributed by atoms with E-state index in [0.717, 1.165) is 5.75 Å². The number of anilines is 1. The fourth-order valence-electron chi connectivity index (χ4n) is 4.14. The predicted molar refractivity (Wildman–Crippen MR) is 127 cm³/mol. The van der Waals surface area contributed by atoms with Gasteiger partial charge in [0.25, 0.3) is 0 Å². The largest absolute Gasteiger partial charge is 0.497 e. The first kappa shape index (κ1) is 23.8. The van der Waals surface area contributed by atoms with E-state index in [9.17, 15) is 9.59 Å². The Hall–Kier alpha value is -3.33. The molecule has 4 rings (SSSR count). The molecule has 3 amide bonds. The molecule has 1 N–H and O–H groups in total. The fraction of sp³-hybridized carbons (Fsp3) is 0.417. The summed E-state index contributed by atoms with van der Waals surface area (Å²) in [6.45, 7) is 1.79. The van der Waals surface area contributed by atoms with E-state index in [2.05, 4.69) is 5.32 Å². The summed E-state index contributed by atoms with van der Waals surface area (Å²) in [5, 5.41) is 3.37. The van der Waals surface area contributed by atoms with E-state index in [1.165, 1.54) is 7.11 Å². The van der Waals surface area contributed by atoms with E-state index in [4.69, 9.17) is 30.5 Å². The van der Waals surface area contributed by atoms with E-state index in [1.807, 2.05) is 24.3 Å². The number of ether oxygens (including phenoxy) is 4. The maximum absolute atomic E-state index is 12.7. The summed E-state index contributed by atoms with van der Waals surface area (Å²) in [4.78, 5) is 28.7. The van der Waals surface area contributed by atoms with Crippen molar-refractivity contribution < 1.29 is 28.5 Å². The zero-order chi connectivity index (χ0) is 24.1. The number of methoxy groups -OCH3 is 2. The minimum atomic E-state index is -0.341. The maximum atomic E-state index is 12.7. The average Bonchev–Trinajstić information content (AvgIpc) is 3.23. The molecule has 9 nitrogen and oxygen atoms in total. The predicted octanol–water partition coefficient (Wildman–Crippen LogP) is 4.25. The third-order valence-electron chi connectivity index (χ3n) is 5.99. The molecule has 2 aromatic rings. The van der Waals surface area contributed by atoms with Gasteiger partial charge in [-0.25, -0.2) is 9.59 Å². The van der Waals surface area contributed by atoms with Gasteiger partial charge in [0.15, 0.2) is 6.10 Å². The Balaban J connectivity index is 1.25. The molecule has 0 spiro atoms. The Morgan fingerprint density at radius 3 is 2.47 bits per heavy atom. The molecular weight excluding hydrogens is 462 g/mol. The van der Waals surface area contributed by atoms with Crippen LogP contribution in [0.2, 0.25) is 5.02 Å². The summed E-state index contributed by atoms with van der Waals surface area (Å²) < 4.78 is 21.7. The van der Waals surface area contributed by atoms with Gasteiger partial charge in [0, 0.05) is 24.2 Å². The van der Waals surface area contributed by atoms with Crippen LogP contribution < -0.4 is 19.5 Å². The van der Waals surface area contributed by atoms with Crippen LogP contribution in [-0.2, 0) is 4.74 Å². The minimum Gasteiger partial charge on any atom is -0.497 e. The normalized spacial score (nSPS) is 18.4. The molecule has 0 bridgehead atoms. The van der Waals surface area contributed by atoms with Gasteiger partial charge < -0.3 is 34.1 Å². The van der Waals surface area contributed by atoms with Gasteiger partial charge in [-0.1, -0.05) is 11.6 Å². The van der Waals surface area contributed by atoms with Crippen LogP contribution in [0, 0.1) is 0 Å². The van der Waals surface area contributed by atoms with Gasteiger partial charge in [-0.15, -0.1) is 0 Å². The second-order valence-corrected chi connectivity index (χ2v) is 8.57. The molecule has 10 heteroatoms. The Bertz CT molecular complexity index is 1010. The van der Waals surface area contributed by atoms with E-state index >= 15 is 0 Å². The molecule has 182 valence electrons. The maximum Gasteiger partial charge on any atom is 0.410 e. The van der Waals surface area contributed by atoms with Gasteiger partial charge in [0.1, 0.15) is 23.9 Å². The lowest BCUT2D eigenvalue weighted by atomic mass is 10.0. The zero-order valence-corrected chi connectivity index (χ0v) is 19.9. The molecule has 2 aromatic carbocycles. The van der Waals surface area contributed by atoms with Gasteiger partial charge in [0.05, 0.1) is 26.5 Å². The van der Waals surface area contributed by atoms with Crippen molar-refractivity contribution in [2.24, 2.45) is 0 Å². The number of urea groups is 1. The van der Waals surface area contributed by atoms with Crippen LogP contribution in [0.15, 0.2) is 42.5 Å². The van der Waals surface area contributed by atoms with Crippen molar-refractivity contribution in [1.29, 1.82) is 0 Å². The second-order valence-electron chi connectivity index (χ2n) is 8.14. The number of carbonyl (C=O) groups is 2. The molecule has 2 heterocycles. The topological polar surface area (TPSA) is 89.6 Å². The van der Waals surface area contributed by atoms with Crippen molar-refractivity contribution >= 4 is 29.4 Å². The Labute approximate surface area is 203 Å². The zero-order valence-electron chi connectivity index (χ0n) is 19.2. The lowest BCUT2D eigenvalue weighted by Crippen LogP contribution is -2.48. The van der Waals surface area contributed by atoms with Gasteiger partial charge in [-0.2, -0.15) is 0 Å². The first-order chi connectivity index (χ1) is 16.5. The van der Waals surface area contributed by atoms with Crippen LogP contribution in [0.1, 0.15) is 12.8 Å². The molecule has 0 saturated carbocycles. The lowest BCUT2D eigenvalue weighted by molar-refractivity contribution is 0.0991. The van der Waals surface area contributed by atoms with Crippen LogP contribution in [0.3, 0.4) is 0 Å². The molecular formula is C24H28ClN3O6. The number of nitrogens with one attached hydrogen (secondary N) is 1. The number of amides is 3. The first-order valence-electron chi connectivity index (χ1n) is 11.1. The summed E-state index contributed by atoms with van der Waals surface area (Å²) in [7, 11) is 3.14. The van der Waals surface area contributed by atoms with Crippen LogP contribution in [0.4, 0.5) is 15.3 Å². The minimum absolute atomic E-state index is 0.0169. The van der Waals surface area contributed by atoms with Crippen LogP contribution in [-0.4, -0.2) is 74.5 Å². The summed E-state index contributed by atoms with van der Waals surface area (Å²) in [6, 6.07) is 12.1. The lowest BCUT2D eigenvalue weighted by Gasteiger charge is -2.35. The monoisotopic (exact) mass is 489 g/mol. The highest BCUT2D eigenvalue weighted by Gasteiger charge is 2.38. The molecule has 0 aliphatic carbocycles. The van der Waals surface area contributed by atoms with E-state index < -0.39 is 0 Å². The molecule has 1 atom stereocenters. The smallest absolute Gasteiger partial charge is 0.410 e. The van der Waals surface area contributed by atoms with Crippen LogP contribution in [0.5, 0.6) is 17.2 Å². The molecule has 34 heavy (non-hydrogen) atoms. The van der Waals surface area contributed by atoms with Gasteiger partial charge in [-0.05, 0) is 55.3 Å². The number of likely N-dealkylation sites (tertiary alicyclic amines) is 1. The highest BCUT2D eigenvalue weighted by Crippen LogP contribution is 2.29. The van der Waals surface area contributed by atoms with Crippen molar-refractivity contribution in [3.63, 3.8) is 0 Å². The summed E-state index contributed by atoms with van der Waals surface area (Å²) >= 11 is 6.05. The molecule has 0 aromatic heterocycles. The Morgan fingerprint density at radius 1 is 1.09 bits per heavy atom. The third kappa shape index (κ3) is 5.59. The van der Waals surface area contributed by atoms with E-state index in [-0.39, 0.29) is 30.9 Å². The average molecular weight is 490 g/mol. The highest BCUT2D eigenvalue weighted by atomic mass is 35.5. The number of hydrogen-bond donors (Lipinski definition) is 1. The standard InChI is InChI=1S/C24H28ClN3O6/c1-31-18-4-6-19(7-5-18)33-15-20-14-28(24(30)34-20)17-9-11-27(12-10-17)23(29)26-21-13-16(25)3-8-22(21)32-2/h3-8,13,17,20H,9-12,14-15H2,1-2H3,(H,26,29). The number of halogens is 1. The van der Waals surface area contributed by atoms with Crippen LogP contribution >= 0.6 is 11.6 Å². The number of cyclic esters (lactones) is 1. The molecule has 2 aliphatic heterocycles. The van der Waals surface area contributed by atoms with Crippen molar-refractivity contribution in [1.82, 2.24) is 9.80 Å². The van der Waals surface area contributed by atoms with Crippen LogP contribution in [0.25, 0.3) is 0 Å². The number of nitrogens with zero attached hydrogens (tertiary/aromatic N) is 2. The van der Waals surface area contributed by atoms with E-state index in [0.29, 0.717) is 54.7 Å². The van der Waals surface area contributed by atoms with Crippen molar-refractivity contribution in [2.75, 3.05) is 45.8 Å². The summed E-state index contributed by atoms with van der Waals surface area (Å²) in [6.07, 6.45) is 0.656. The summed E-state index contributed by atoms with van der Waals surface area (Å²) in [5.74, 6) is 1.97. The first-order valence-corrected chi connectivity index (χ1v) is 11.5. The van der Waals surface area contributed by atoms with E-state index in [1.54, 1.807) is 35.1 Å². The highest BCUT2D eigenvalue weighted by molar-refractivity contribution is 6.31. The quantitative estimate of drug-likeness (QED) is 0.625. The second kappa shape index (κ2) is 10.7. The molecule has 1 unspecified atom stereocenters. The SMILES string of the molecule is COc1ccc(OCC2CN(C3CCN(C(=O)Nc4cc(Cl)ccc4OC)CC3)C(=O)O2)cc1. The number of rotatable bonds is 7. The molecule has 2 aliphatic rings. The Kier molecular flexibility index (Phi) is 7.52. The van der Waals surface area contributed by atoms with Crippen molar-refractivity contribution in [3.8, 4) is 17.2 Å². The molecule has 2 fully saturated rings. The summed E-state index contributed by atoms with van der Waals surface area (Å²) in [5.41, 5.74) is 0.518.